The molecule has 0 radical (unpaired) electrons. The molecule has 1 N–H and O–H groups in total. The van der Waals surface area contributed by atoms with E-state index in [0.29, 0.717) is 11.5 Å². The highest BCUT2D eigenvalue weighted by Gasteiger charge is 1.98. The van der Waals surface area contributed by atoms with Crippen molar-refractivity contribution in [3.8, 4) is 0 Å². The molecule has 0 unspecified atom stereocenters. The van der Waals surface area contributed by atoms with E-state index in [2.05, 4.69) is 24.1 Å². The van der Waals surface area contributed by atoms with Crippen molar-refractivity contribution in [1.29, 1.82) is 0 Å². The minimum Gasteiger partial charge on any atom is -0.391 e. The molecule has 1 aromatic rings. The first-order chi connectivity index (χ1) is 7.20. The fourth-order valence-electron chi connectivity index (χ4n) is 1.05. The van der Waals surface area contributed by atoms with Crippen molar-refractivity contribution in [2.24, 2.45) is 5.92 Å². The molecule has 0 saturated carbocycles. The van der Waals surface area contributed by atoms with Gasteiger partial charge in [0.25, 0.3) is 0 Å². The maximum absolute atomic E-state index is 11.5. The summed E-state index contributed by atoms with van der Waals surface area (Å²) in [5, 5.41) is 3.07. The number of allylic oxidation sites excluding steroid dienone is 1. The largest absolute Gasteiger partial charge is 0.391 e. The van der Waals surface area contributed by atoms with Gasteiger partial charge in [0.1, 0.15) is 0 Å². The van der Waals surface area contributed by atoms with E-state index in [9.17, 15) is 4.79 Å². The van der Waals surface area contributed by atoms with Crippen molar-refractivity contribution in [3.05, 3.63) is 42.4 Å². The number of ketones is 1. The summed E-state index contributed by atoms with van der Waals surface area (Å²) < 4.78 is 0. The van der Waals surface area contributed by atoms with Gasteiger partial charge in [-0.05, 0) is 18.1 Å². The summed E-state index contributed by atoms with van der Waals surface area (Å²) >= 11 is 0. The van der Waals surface area contributed by atoms with Gasteiger partial charge in [-0.2, -0.15) is 0 Å². The lowest BCUT2D eigenvalue weighted by atomic mass is 10.2. The minimum absolute atomic E-state index is 0.00587. The van der Waals surface area contributed by atoms with Gasteiger partial charge < -0.3 is 5.32 Å². The zero-order valence-electron chi connectivity index (χ0n) is 9.10. The van der Waals surface area contributed by atoms with Gasteiger partial charge in [0.15, 0.2) is 5.78 Å². The summed E-state index contributed by atoms with van der Waals surface area (Å²) in [6.07, 6.45) is 6.46. The van der Waals surface area contributed by atoms with Crippen LogP contribution in [0.1, 0.15) is 24.2 Å². The van der Waals surface area contributed by atoms with Crippen molar-refractivity contribution in [2.75, 3.05) is 6.54 Å². The first-order valence-electron chi connectivity index (χ1n) is 5.04. The van der Waals surface area contributed by atoms with Gasteiger partial charge in [-0.15, -0.1) is 0 Å². The Kier molecular flexibility index (Phi) is 4.54. The number of nitrogens with one attached hydrogen (secondary N) is 1. The van der Waals surface area contributed by atoms with Crippen LogP contribution >= 0.6 is 0 Å². The Balaban J connectivity index is 2.43. The van der Waals surface area contributed by atoms with Crippen LogP contribution < -0.4 is 5.32 Å². The minimum atomic E-state index is -0.00587. The van der Waals surface area contributed by atoms with E-state index < -0.39 is 0 Å². The van der Waals surface area contributed by atoms with Crippen molar-refractivity contribution in [1.82, 2.24) is 10.3 Å². The monoisotopic (exact) mass is 204 g/mol. The summed E-state index contributed by atoms with van der Waals surface area (Å²) in [7, 11) is 0. The molecule has 0 aromatic carbocycles. The van der Waals surface area contributed by atoms with Crippen LogP contribution in [0.5, 0.6) is 0 Å². The highest BCUT2D eigenvalue weighted by Crippen LogP contribution is 1.98. The maximum atomic E-state index is 11.5. The normalized spacial score (nSPS) is 10.9. The van der Waals surface area contributed by atoms with E-state index >= 15 is 0 Å². The highest BCUT2D eigenvalue weighted by molar-refractivity contribution is 6.04. The summed E-state index contributed by atoms with van der Waals surface area (Å²) in [6.45, 7) is 5.11. The van der Waals surface area contributed by atoms with Crippen LogP contribution in [-0.4, -0.2) is 17.3 Å². The third kappa shape index (κ3) is 4.40. The molecule has 0 atom stereocenters. The van der Waals surface area contributed by atoms with Crippen LogP contribution in [0.4, 0.5) is 0 Å². The average Bonchev–Trinajstić information content (AvgIpc) is 2.25. The van der Waals surface area contributed by atoms with Gasteiger partial charge in [-0.1, -0.05) is 13.8 Å². The number of carbonyl (C=O) groups excluding carboxylic acids is 1. The molecule has 0 aliphatic heterocycles. The van der Waals surface area contributed by atoms with Crippen LogP contribution in [0, 0.1) is 5.92 Å². The van der Waals surface area contributed by atoms with E-state index in [1.165, 1.54) is 6.08 Å². The van der Waals surface area contributed by atoms with Gasteiger partial charge in [0, 0.05) is 36.8 Å². The Bertz CT molecular complexity index is 331. The van der Waals surface area contributed by atoms with E-state index in [-0.39, 0.29) is 5.78 Å². The smallest absolute Gasteiger partial charge is 0.187 e. The second kappa shape index (κ2) is 5.96. The van der Waals surface area contributed by atoms with Crippen LogP contribution in [0.25, 0.3) is 0 Å². The number of hydrogen-bond acceptors (Lipinski definition) is 3. The number of pyridine rings is 1. The van der Waals surface area contributed by atoms with Gasteiger partial charge in [0.05, 0.1) is 0 Å². The zero-order valence-corrected chi connectivity index (χ0v) is 9.10. The fraction of sp³-hybridized carbons (Fsp3) is 0.333. The molecule has 3 heteroatoms. The number of nitrogens with zero attached hydrogens (tertiary/aromatic N) is 1. The number of hydrogen-bond donors (Lipinski definition) is 1. The third-order valence-electron chi connectivity index (χ3n) is 1.84. The lowest BCUT2D eigenvalue weighted by Crippen LogP contribution is -2.13. The summed E-state index contributed by atoms with van der Waals surface area (Å²) in [6, 6.07) is 3.41. The SMILES string of the molecule is CC(C)CN/C=C\C(=O)c1ccncc1. The van der Waals surface area contributed by atoms with Gasteiger partial charge in [-0.25, -0.2) is 0 Å². The second-order valence-electron chi connectivity index (χ2n) is 3.74. The Morgan fingerprint density at radius 1 is 1.47 bits per heavy atom. The first-order valence-corrected chi connectivity index (χ1v) is 5.04. The van der Waals surface area contributed by atoms with Crippen LogP contribution in [-0.2, 0) is 0 Å². The molecule has 0 amide bonds. The Morgan fingerprint density at radius 3 is 2.73 bits per heavy atom. The molecule has 0 aliphatic carbocycles. The predicted molar refractivity (Wildman–Crippen MR) is 60.5 cm³/mol. The van der Waals surface area contributed by atoms with Crippen molar-refractivity contribution < 1.29 is 4.79 Å². The van der Waals surface area contributed by atoms with Gasteiger partial charge in [0.2, 0.25) is 0 Å². The third-order valence-corrected chi connectivity index (χ3v) is 1.84. The molecule has 0 spiro atoms. The topological polar surface area (TPSA) is 42.0 Å². The van der Waals surface area contributed by atoms with Gasteiger partial charge >= 0.3 is 0 Å². The Morgan fingerprint density at radius 2 is 2.13 bits per heavy atom. The molecule has 0 aliphatic rings. The molecular weight excluding hydrogens is 188 g/mol. The second-order valence-corrected chi connectivity index (χ2v) is 3.74. The number of rotatable bonds is 5. The van der Waals surface area contributed by atoms with Crippen LogP contribution in [0.15, 0.2) is 36.8 Å². The van der Waals surface area contributed by atoms with Crippen LogP contribution in [0.2, 0.25) is 0 Å². The van der Waals surface area contributed by atoms with E-state index in [1.54, 1.807) is 30.7 Å². The summed E-state index contributed by atoms with van der Waals surface area (Å²) in [5.74, 6) is 0.569. The van der Waals surface area contributed by atoms with Gasteiger partial charge in [-0.3, -0.25) is 9.78 Å². The quantitative estimate of drug-likeness (QED) is 0.589. The molecule has 0 fully saturated rings. The fourth-order valence-corrected chi connectivity index (χ4v) is 1.05. The lowest BCUT2D eigenvalue weighted by Gasteiger charge is -2.02. The molecule has 80 valence electrons. The molecule has 3 nitrogen and oxygen atoms in total. The van der Waals surface area contributed by atoms with Crippen LogP contribution in [0.3, 0.4) is 0 Å². The van der Waals surface area contributed by atoms with E-state index in [4.69, 9.17) is 0 Å². The summed E-state index contributed by atoms with van der Waals surface area (Å²) in [5.41, 5.74) is 0.660. The van der Waals surface area contributed by atoms with E-state index in [1.807, 2.05) is 0 Å². The average molecular weight is 204 g/mol. The summed E-state index contributed by atoms with van der Waals surface area (Å²) in [4.78, 5) is 15.4. The molecule has 1 heterocycles. The highest BCUT2D eigenvalue weighted by atomic mass is 16.1. The molecule has 1 aromatic heterocycles. The Hall–Kier alpha value is -1.64. The maximum Gasteiger partial charge on any atom is 0.187 e. The molecule has 0 saturated heterocycles. The van der Waals surface area contributed by atoms with E-state index in [0.717, 1.165) is 6.54 Å². The number of aromatic nitrogens is 1. The number of carbonyl (C=O) groups is 1. The molecular formula is C12H16N2O. The zero-order chi connectivity index (χ0) is 11.1. The van der Waals surface area contributed by atoms with Crippen molar-refractivity contribution in [3.63, 3.8) is 0 Å². The molecule has 15 heavy (non-hydrogen) atoms. The standard InChI is InChI=1S/C12H16N2O/c1-10(2)9-14-8-5-12(15)11-3-6-13-7-4-11/h3-8,10,14H,9H2,1-2H3/b8-5-. The van der Waals surface area contributed by atoms with Crippen molar-refractivity contribution >= 4 is 5.78 Å². The molecule has 0 bridgehead atoms. The first kappa shape index (κ1) is 11.4. The van der Waals surface area contributed by atoms with Crippen molar-refractivity contribution in [2.45, 2.75) is 13.8 Å². The predicted octanol–water partition coefficient (Wildman–Crippen LogP) is 2.02. The lowest BCUT2D eigenvalue weighted by molar-refractivity contribution is 0.104. The Labute approximate surface area is 90.2 Å². The molecule has 1 rings (SSSR count).